The van der Waals surface area contributed by atoms with Crippen LogP contribution in [0.4, 0.5) is 9.59 Å². The molecule has 16 heavy (non-hydrogen) atoms. The predicted molar refractivity (Wildman–Crippen MR) is 47.5 cm³/mol. The van der Waals surface area contributed by atoms with Gasteiger partial charge < -0.3 is 23.7 Å². The van der Waals surface area contributed by atoms with Crippen molar-refractivity contribution in [3.05, 3.63) is 0 Å². The van der Waals surface area contributed by atoms with Gasteiger partial charge >= 0.3 is 12.3 Å². The van der Waals surface area contributed by atoms with E-state index in [0.717, 1.165) is 0 Å². The SMILES string of the molecule is COC(=O)OCCOCCOC(=O)OC.[V]. The molecule has 0 rings (SSSR count). The molecule has 0 atom stereocenters. The van der Waals surface area contributed by atoms with Crippen molar-refractivity contribution >= 4 is 12.3 Å². The van der Waals surface area contributed by atoms with E-state index in [2.05, 4.69) is 18.9 Å². The van der Waals surface area contributed by atoms with Crippen molar-refractivity contribution in [3.63, 3.8) is 0 Å². The molecule has 0 aromatic heterocycles. The number of methoxy groups -OCH3 is 2. The van der Waals surface area contributed by atoms with Crippen LogP contribution < -0.4 is 0 Å². The number of carbonyl (C=O) groups is 2. The summed E-state index contributed by atoms with van der Waals surface area (Å²) in [6.45, 7) is 0.592. The molecule has 0 fully saturated rings. The second-order valence-corrected chi connectivity index (χ2v) is 2.22. The third kappa shape index (κ3) is 11.2. The van der Waals surface area contributed by atoms with Gasteiger partial charge in [-0.3, -0.25) is 0 Å². The van der Waals surface area contributed by atoms with Gasteiger partial charge in [0.25, 0.3) is 0 Å². The van der Waals surface area contributed by atoms with E-state index >= 15 is 0 Å². The van der Waals surface area contributed by atoms with E-state index in [4.69, 9.17) is 4.74 Å². The molecule has 0 saturated carbocycles. The molecule has 0 aliphatic rings. The molecule has 0 heterocycles. The second-order valence-electron chi connectivity index (χ2n) is 2.22. The quantitative estimate of drug-likeness (QED) is 0.516. The fraction of sp³-hybridized carbons (Fsp3) is 0.750. The largest absolute Gasteiger partial charge is 0.508 e. The maximum absolute atomic E-state index is 10.4. The molecule has 7 nitrogen and oxygen atoms in total. The molecule has 0 aromatic carbocycles. The van der Waals surface area contributed by atoms with E-state index in [1.165, 1.54) is 14.2 Å². The molecule has 0 aliphatic heterocycles. The van der Waals surface area contributed by atoms with Gasteiger partial charge in [0.1, 0.15) is 13.2 Å². The van der Waals surface area contributed by atoms with Crippen molar-refractivity contribution in [1.29, 1.82) is 0 Å². The number of carbonyl (C=O) groups excluding carboxylic acids is 2. The zero-order valence-corrected chi connectivity index (χ0v) is 10.5. The second kappa shape index (κ2) is 12.2. The fourth-order valence-electron chi connectivity index (χ4n) is 0.588. The van der Waals surface area contributed by atoms with Gasteiger partial charge in [0.15, 0.2) is 0 Å². The van der Waals surface area contributed by atoms with Crippen LogP contribution in [-0.4, -0.2) is 53.0 Å². The van der Waals surface area contributed by atoms with Gasteiger partial charge in [0, 0.05) is 18.6 Å². The molecule has 1 radical (unpaired) electrons. The van der Waals surface area contributed by atoms with Gasteiger partial charge in [-0.1, -0.05) is 0 Å². The van der Waals surface area contributed by atoms with Crippen LogP contribution in [0.1, 0.15) is 0 Å². The Kier molecular flexibility index (Phi) is 13.3. The fourth-order valence-corrected chi connectivity index (χ4v) is 0.588. The van der Waals surface area contributed by atoms with Crippen molar-refractivity contribution < 1.29 is 51.8 Å². The molecular formula is C8H14O7V. The summed E-state index contributed by atoms with van der Waals surface area (Å²) < 4.78 is 22.4. The molecule has 0 unspecified atom stereocenters. The van der Waals surface area contributed by atoms with E-state index in [0.29, 0.717) is 0 Å². The van der Waals surface area contributed by atoms with Crippen LogP contribution in [0.2, 0.25) is 0 Å². The summed E-state index contributed by atoms with van der Waals surface area (Å²) >= 11 is 0. The molecule has 0 spiro atoms. The van der Waals surface area contributed by atoms with Crippen molar-refractivity contribution in [2.75, 3.05) is 40.6 Å². The van der Waals surface area contributed by atoms with E-state index in [-0.39, 0.29) is 45.0 Å². The van der Waals surface area contributed by atoms with Crippen molar-refractivity contribution in [2.24, 2.45) is 0 Å². The Hall–Kier alpha value is -0.916. The Morgan fingerprint density at radius 1 is 0.812 bits per heavy atom. The summed E-state index contributed by atoms with van der Waals surface area (Å²) in [7, 11) is 2.43. The molecule has 0 amide bonds. The minimum Gasteiger partial charge on any atom is -0.438 e. The molecular weight excluding hydrogens is 259 g/mol. The first-order valence-electron chi connectivity index (χ1n) is 4.20. The monoisotopic (exact) mass is 273 g/mol. The average molecular weight is 273 g/mol. The Labute approximate surface area is 105 Å². The van der Waals surface area contributed by atoms with Crippen LogP contribution >= 0.6 is 0 Å². The average Bonchev–Trinajstić information content (AvgIpc) is 2.26. The standard InChI is InChI=1S/C8H14O7.V/c1-11-7(9)14-5-3-13-4-6-15-8(10)12-2;/h3-6H2,1-2H3;. The smallest absolute Gasteiger partial charge is 0.438 e. The topological polar surface area (TPSA) is 80.3 Å². The Morgan fingerprint density at radius 3 is 1.50 bits per heavy atom. The Bertz CT molecular complexity index is 177. The van der Waals surface area contributed by atoms with Gasteiger partial charge in [-0.25, -0.2) is 9.59 Å². The summed E-state index contributed by atoms with van der Waals surface area (Å²) in [5, 5.41) is 0. The summed E-state index contributed by atoms with van der Waals surface area (Å²) in [5.74, 6) is 0. The summed E-state index contributed by atoms with van der Waals surface area (Å²) in [4.78, 5) is 20.9. The molecule has 0 saturated heterocycles. The maximum Gasteiger partial charge on any atom is 0.508 e. The van der Waals surface area contributed by atoms with Crippen LogP contribution in [0, 0.1) is 0 Å². The minimum absolute atomic E-state index is 0. The number of hydrogen-bond donors (Lipinski definition) is 0. The van der Waals surface area contributed by atoms with Crippen molar-refractivity contribution in [2.45, 2.75) is 0 Å². The summed E-state index contributed by atoms with van der Waals surface area (Å²) in [5.41, 5.74) is 0. The molecule has 0 N–H and O–H groups in total. The third-order valence-corrected chi connectivity index (χ3v) is 1.23. The molecule has 93 valence electrons. The van der Waals surface area contributed by atoms with Gasteiger partial charge in [-0.15, -0.1) is 0 Å². The van der Waals surface area contributed by atoms with Crippen molar-refractivity contribution in [3.8, 4) is 0 Å². The first-order valence-corrected chi connectivity index (χ1v) is 4.20. The Morgan fingerprint density at radius 2 is 1.19 bits per heavy atom. The van der Waals surface area contributed by atoms with E-state index < -0.39 is 12.3 Å². The molecule has 0 bridgehead atoms. The third-order valence-electron chi connectivity index (χ3n) is 1.23. The maximum atomic E-state index is 10.4. The zero-order valence-electron chi connectivity index (χ0n) is 9.13. The van der Waals surface area contributed by atoms with Crippen LogP contribution in [0.3, 0.4) is 0 Å². The van der Waals surface area contributed by atoms with Crippen LogP contribution in [0.25, 0.3) is 0 Å². The summed E-state index contributed by atoms with van der Waals surface area (Å²) in [6, 6.07) is 0. The van der Waals surface area contributed by atoms with Crippen LogP contribution in [-0.2, 0) is 42.2 Å². The van der Waals surface area contributed by atoms with Crippen molar-refractivity contribution in [1.82, 2.24) is 0 Å². The number of ether oxygens (including phenoxy) is 5. The minimum atomic E-state index is -0.760. The van der Waals surface area contributed by atoms with Gasteiger partial charge in [-0.05, 0) is 0 Å². The van der Waals surface area contributed by atoms with E-state index in [1.807, 2.05) is 0 Å². The van der Waals surface area contributed by atoms with Gasteiger partial charge in [0.2, 0.25) is 0 Å². The van der Waals surface area contributed by atoms with E-state index in [9.17, 15) is 9.59 Å². The van der Waals surface area contributed by atoms with Crippen LogP contribution in [0.15, 0.2) is 0 Å². The van der Waals surface area contributed by atoms with E-state index in [1.54, 1.807) is 0 Å². The van der Waals surface area contributed by atoms with Crippen LogP contribution in [0.5, 0.6) is 0 Å². The van der Waals surface area contributed by atoms with Gasteiger partial charge in [-0.2, -0.15) is 0 Å². The first-order chi connectivity index (χ1) is 7.20. The predicted octanol–water partition coefficient (Wildman–Crippen LogP) is 0.567. The normalized spacial score (nSPS) is 8.62. The number of hydrogen-bond acceptors (Lipinski definition) is 7. The molecule has 0 aliphatic carbocycles. The Balaban J connectivity index is 0. The first kappa shape index (κ1) is 17.5. The number of rotatable bonds is 6. The summed E-state index contributed by atoms with van der Waals surface area (Å²) in [6.07, 6.45) is -1.52. The molecule has 8 heteroatoms. The zero-order chi connectivity index (χ0) is 11.5. The molecule has 0 aromatic rings. The van der Waals surface area contributed by atoms with Gasteiger partial charge in [0.05, 0.1) is 27.4 Å².